The third kappa shape index (κ3) is 4.11. The highest BCUT2D eigenvalue weighted by Crippen LogP contribution is 2.44. The zero-order valence-corrected chi connectivity index (χ0v) is 12.8. The summed E-state index contributed by atoms with van der Waals surface area (Å²) < 4.78 is 19.7. The first-order valence-electron chi connectivity index (χ1n) is 6.23. The first kappa shape index (κ1) is 16.6. The van der Waals surface area contributed by atoms with E-state index in [1.807, 2.05) is 0 Å². The SMILES string of the molecule is N#Cc1ncc(N[C@@H]2CS(O)(O)CC[C@@H]2NC(=O)O)nc1Cl. The average Bonchev–Trinajstić information content (AvgIpc) is 2.41. The molecule has 0 radical (unpaired) electrons. The van der Waals surface area contributed by atoms with Crippen LogP contribution in [0, 0.1) is 11.3 Å². The predicted molar refractivity (Wildman–Crippen MR) is 81.3 cm³/mol. The maximum absolute atomic E-state index is 10.8. The molecule has 0 saturated carbocycles. The number of nitrogens with one attached hydrogen (secondary N) is 2. The van der Waals surface area contributed by atoms with Crippen molar-refractivity contribution in [3.05, 3.63) is 17.0 Å². The molecule has 1 saturated heterocycles. The van der Waals surface area contributed by atoms with Crippen LogP contribution in [-0.4, -0.2) is 53.9 Å². The van der Waals surface area contributed by atoms with Crippen LogP contribution >= 0.6 is 22.2 Å². The number of carbonyl (C=O) groups is 1. The summed E-state index contributed by atoms with van der Waals surface area (Å²) in [5.41, 5.74) is -0.0274. The summed E-state index contributed by atoms with van der Waals surface area (Å²) in [6.07, 6.45) is 0.367. The number of amides is 1. The second kappa shape index (κ2) is 6.53. The molecule has 1 aliphatic rings. The van der Waals surface area contributed by atoms with Gasteiger partial charge in [-0.3, -0.25) is 9.11 Å². The lowest BCUT2D eigenvalue weighted by Crippen LogP contribution is -2.52. The molecular weight excluding hydrogens is 334 g/mol. The monoisotopic (exact) mass is 347 g/mol. The molecule has 11 heteroatoms. The summed E-state index contributed by atoms with van der Waals surface area (Å²) in [7, 11) is -2.77. The number of nitrogens with zero attached hydrogens (tertiary/aromatic N) is 3. The van der Waals surface area contributed by atoms with Gasteiger partial charge in [0.1, 0.15) is 11.9 Å². The van der Waals surface area contributed by atoms with Gasteiger partial charge >= 0.3 is 6.09 Å². The van der Waals surface area contributed by atoms with Gasteiger partial charge in [0.2, 0.25) is 0 Å². The van der Waals surface area contributed by atoms with Gasteiger partial charge in [-0.15, -0.1) is 0 Å². The lowest BCUT2D eigenvalue weighted by atomic mass is 10.1. The number of carboxylic acid groups (broad SMARTS) is 1. The molecule has 1 fully saturated rings. The Hall–Kier alpha value is -1.80. The molecule has 1 aromatic rings. The quantitative estimate of drug-likeness (QED) is 0.552. The number of rotatable bonds is 3. The van der Waals surface area contributed by atoms with Crippen LogP contribution in [0.3, 0.4) is 0 Å². The molecule has 1 aromatic heterocycles. The Kier molecular flexibility index (Phi) is 4.92. The van der Waals surface area contributed by atoms with Crippen LogP contribution in [0.2, 0.25) is 5.15 Å². The number of aromatic nitrogens is 2. The molecule has 2 heterocycles. The summed E-state index contributed by atoms with van der Waals surface area (Å²) >= 11 is 5.78. The van der Waals surface area contributed by atoms with E-state index in [4.69, 9.17) is 22.0 Å². The normalized spacial score (nSPS) is 24.8. The van der Waals surface area contributed by atoms with E-state index < -0.39 is 28.8 Å². The van der Waals surface area contributed by atoms with Gasteiger partial charge in [0.15, 0.2) is 10.8 Å². The Morgan fingerprint density at radius 1 is 1.50 bits per heavy atom. The summed E-state index contributed by atoms with van der Waals surface area (Å²) in [5, 5.41) is 22.7. The highest BCUT2D eigenvalue weighted by Gasteiger charge is 2.34. The van der Waals surface area contributed by atoms with Crippen LogP contribution in [-0.2, 0) is 0 Å². The first-order valence-corrected chi connectivity index (χ1v) is 8.49. The van der Waals surface area contributed by atoms with E-state index in [0.717, 1.165) is 0 Å². The lowest BCUT2D eigenvalue weighted by Gasteiger charge is -2.44. The molecule has 0 aliphatic carbocycles. The van der Waals surface area contributed by atoms with Gasteiger partial charge in [0.05, 0.1) is 24.0 Å². The van der Waals surface area contributed by atoms with Gasteiger partial charge in [-0.2, -0.15) is 15.9 Å². The van der Waals surface area contributed by atoms with Gasteiger partial charge in [-0.05, 0) is 6.42 Å². The molecular formula is C11H14ClN5O4S. The molecule has 22 heavy (non-hydrogen) atoms. The minimum absolute atomic E-state index is 0.0166. The van der Waals surface area contributed by atoms with Gasteiger partial charge in [-0.1, -0.05) is 11.6 Å². The molecule has 5 N–H and O–H groups in total. The maximum Gasteiger partial charge on any atom is 0.404 e. The predicted octanol–water partition coefficient (Wildman–Crippen LogP) is 1.57. The molecule has 0 bridgehead atoms. The second-order valence-corrected chi connectivity index (χ2v) is 7.48. The van der Waals surface area contributed by atoms with Gasteiger partial charge in [0.25, 0.3) is 0 Å². The van der Waals surface area contributed by atoms with Gasteiger partial charge < -0.3 is 15.7 Å². The maximum atomic E-state index is 10.8. The largest absolute Gasteiger partial charge is 0.465 e. The Balaban J connectivity index is 2.17. The third-order valence-corrected chi connectivity index (χ3v) is 5.21. The van der Waals surface area contributed by atoms with Crippen molar-refractivity contribution in [3.8, 4) is 6.07 Å². The molecule has 0 unspecified atom stereocenters. The van der Waals surface area contributed by atoms with Crippen molar-refractivity contribution in [3.63, 3.8) is 0 Å². The van der Waals surface area contributed by atoms with Gasteiger partial charge in [0, 0.05) is 5.75 Å². The number of halogens is 1. The number of anilines is 1. The van der Waals surface area contributed by atoms with E-state index in [9.17, 15) is 13.9 Å². The van der Waals surface area contributed by atoms with E-state index in [-0.39, 0.29) is 34.6 Å². The summed E-state index contributed by atoms with van der Waals surface area (Å²) in [6, 6.07) is 0.693. The van der Waals surface area contributed by atoms with E-state index in [1.54, 1.807) is 6.07 Å². The third-order valence-electron chi connectivity index (χ3n) is 3.17. The average molecular weight is 348 g/mol. The first-order chi connectivity index (χ1) is 10.3. The highest BCUT2D eigenvalue weighted by molar-refractivity contribution is 8.24. The molecule has 2 rings (SSSR count). The molecule has 9 nitrogen and oxygen atoms in total. The van der Waals surface area contributed by atoms with Crippen LogP contribution in [0.5, 0.6) is 0 Å². The van der Waals surface area contributed by atoms with Crippen LogP contribution < -0.4 is 10.6 Å². The molecule has 120 valence electrons. The van der Waals surface area contributed by atoms with Crippen molar-refractivity contribution in [2.75, 3.05) is 16.8 Å². The molecule has 1 amide bonds. The van der Waals surface area contributed by atoms with Gasteiger partial charge in [-0.25, -0.2) is 14.8 Å². The van der Waals surface area contributed by atoms with Crippen molar-refractivity contribution < 1.29 is 19.0 Å². The van der Waals surface area contributed by atoms with Crippen LogP contribution in [0.25, 0.3) is 0 Å². The highest BCUT2D eigenvalue weighted by atomic mass is 35.5. The minimum Gasteiger partial charge on any atom is -0.465 e. The lowest BCUT2D eigenvalue weighted by molar-refractivity contribution is 0.187. The number of hydrogen-bond acceptors (Lipinski definition) is 7. The van der Waals surface area contributed by atoms with E-state index in [2.05, 4.69) is 20.6 Å². The zero-order valence-electron chi connectivity index (χ0n) is 11.2. The Morgan fingerprint density at radius 2 is 2.23 bits per heavy atom. The van der Waals surface area contributed by atoms with Crippen molar-refractivity contribution in [2.24, 2.45) is 0 Å². The van der Waals surface area contributed by atoms with Crippen molar-refractivity contribution >= 4 is 34.1 Å². The van der Waals surface area contributed by atoms with Crippen LogP contribution in [0.4, 0.5) is 10.6 Å². The van der Waals surface area contributed by atoms with E-state index in [0.29, 0.717) is 0 Å². The van der Waals surface area contributed by atoms with E-state index >= 15 is 0 Å². The molecule has 2 atom stereocenters. The zero-order chi connectivity index (χ0) is 16.3. The summed E-state index contributed by atoms with van der Waals surface area (Å²) in [4.78, 5) is 18.6. The molecule has 0 spiro atoms. The molecule has 0 aromatic carbocycles. The summed E-state index contributed by atoms with van der Waals surface area (Å²) in [5.74, 6) is 0.344. The second-order valence-electron chi connectivity index (χ2n) is 4.77. The Morgan fingerprint density at radius 3 is 2.82 bits per heavy atom. The van der Waals surface area contributed by atoms with Crippen molar-refractivity contribution in [1.29, 1.82) is 5.26 Å². The van der Waals surface area contributed by atoms with Crippen molar-refractivity contribution in [1.82, 2.24) is 15.3 Å². The fourth-order valence-corrected chi connectivity index (χ4v) is 4.05. The van der Waals surface area contributed by atoms with Crippen LogP contribution in [0.1, 0.15) is 12.1 Å². The Labute approximate surface area is 132 Å². The molecule has 1 aliphatic heterocycles. The minimum atomic E-state index is -2.77. The smallest absolute Gasteiger partial charge is 0.404 e. The topological polar surface area (TPSA) is 151 Å². The number of hydrogen-bond donors (Lipinski definition) is 5. The fourth-order valence-electron chi connectivity index (χ4n) is 2.18. The summed E-state index contributed by atoms with van der Waals surface area (Å²) in [6.45, 7) is 0. The Bertz CT molecular complexity index is 623. The van der Waals surface area contributed by atoms with Crippen molar-refractivity contribution in [2.45, 2.75) is 18.5 Å². The van der Waals surface area contributed by atoms with Crippen LogP contribution in [0.15, 0.2) is 6.20 Å². The fraction of sp³-hybridized carbons (Fsp3) is 0.455. The standard InChI is InChI=1S/C11H14ClN5O4S/c12-10-7(3-13)14-4-9(17-10)15-8-5-22(20,21)2-1-6(8)16-11(18)19/h4,6,8,16,20-21H,1-2,5H2,(H,15,17)(H,18,19)/t6-,8+/m0/s1. The van der Waals surface area contributed by atoms with E-state index in [1.165, 1.54) is 6.20 Å². The number of nitriles is 1.